The van der Waals surface area contributed by atoms with Crippen LogP contribution in [0.3, 0.4) is 0 Å². The van der Waals surface area contributed by atoms with Crippen molar-refractivity contribution in [1.29, 1.82) is 0 Å². The number of hydrogen-bond acceptors (Lipinski definition) is 1. The van der Waals surface area contributed by atoms with E-state index in [0.29, 0.717) is 5.39 Å². The van der Waals surface area contributed by atoms with E-state index in [1.54, 1.807) is 12.3 Å². The average molecular weight is 223 g/mol. The Morgan fingerprint density at radius 2 is 1.41 bits per heavy atom. The topological polar surface area (TPSA) is 12.9 Å². The Hall–Kier alpha value is -2.22. The second kappa shape index (κ2) is 3.98. The highest BCUT2D eigenvalue weighted by Gasteiger charge is 2.07. The lowest BCUT2D eigenvalue weighted by molar-refractivity contribution is 0.597. The molecule has 3 aromatic rings. The molecule has 0 unspecified atom stereocenters. The monoisotopic (exact) mass is 223 g/mol. The predicted molar refractivity (Wildman–Crippen MR) is 67.1 cm³/mol. The zero-order valence-electron chi connectivity index (χ0n) is 9.10. The zero-order chi connectivity index (χ0) is 11.7. The van der Waals surface area contributed by atoms with Gasteiger partial charge in [-0.15, -0.1) is 0 Å². The third-order valence-electron chi connectivity index (χ3n) is 2.83. The summed E-state index contributed by atoms with van der Waals surface area (Å²) in [6.07, 6.45) is 1.59. The predicted octanol–water partition coefficient (Wildman–Crippen LogP) is 4.04. The molecule has 0 fully saturated rings. The third-order valence-corrected chi connectivity index (χ3v) is 2.83. The fourth-order valence-corrected chi connectivity index (χ4v) is 2.01. The van der Waals surface area contributed by atoms with Crippen LogP contribution in [0.25, 0.3) is 21.9 Å². The summed E-state index contributed by atoms with van der Waals surface area (Å²) in [4.78, 5) is 3.82. The molecule has 0 saturated carbocycles. The number of halogens is 1. The molecule has 0 atom stereocenters. The molecule has 0 bridgehead atoms. The number of hydrogen-bond donors (Lipinski definition) is 0. The maximum absolute atomic E-state index is 13.6. The second-order valence-electron chi connectivity index (χ2n) is 3.87. The Morgan fingerprint density at radius 1 is 0.765 bits per heavy atom. The van der Waals surface area contributed by atoms with Crippen LogP contribution in [0.5, 0.6) is 0 Å². The van der Waals surface area contributed by atoms with E-state index >= 15 is 0 Å². The Morgan fingerprint density at radius 3 is 2.18 bits per heavy atom. The molecule has 0 spiro atoms. The largest absolute Gasteiger partial charge is 0.227 e. The van der Waals surface area contributed by atoms with Gasteiger partial charge in [-0.3, -0.25) is 0 Å². The third kappa shape index (κ3) is 1.68. The summed E-state index contributed by atoms with van der Waals surface area (Å²) in [6, 6.07) is 17.3. The molecule has 17 heavy (non-hydrogen) atoms. The molecular formula is C15H10FN. The van der Waals surface area contributed by atoms with Crippen molar-refractivity contribution >= 4 is 10.8 Å². The van der Waals surface area contributed by atoms with Gasteiger partial charge in [-0.25, -0.2) is 4.98 Å². The quantitative estimate of drug-likeness (QED) is 0.567. The van der Waals surface area contributed by atoms with Crippen molar-refractivity contribution in [3.05, 3.63) is 66.7 Å². The van der Waals surface area contributed by atoms with Crippen molar-refractivity contribution in [3.8, 4) is 11.1 Å². The lowest BCUT2D eigenvalue weighted by Gasteiger charge is -2.06. The molecule has 3 rings (SSSR count). The number of fused-ring (bicyclic) bond motifs is 1. The van der Waals surface area contributed by atoms with Crippen molar-refractivity contribution < 1.29 is 4.39 Å². The first-order valence-electron chi connectivity index (χ1n) is 5.45. The van der Waals surface area contributed by atoms with E-state index in [4.69, 9.17) is 0 Å². The number of rotatable bonds is 1. The minimum absolute atomic E-state index is 0.416. The summed E-state index contributed by atoms with van der Waals surface area (Å²) in [5, 5.41) is 1.46. The maximum Gasteiger partial charge on any atom is 0.220 e. The lowest BCUT2D eigenvalue weighted by atomic mass is 10.0. The van der Waals surface area contributed by atoms with Gasteiger partial charge in [-0.1, -0.05) is 48.5 Å². The minimum atomic E-state index is -0.416. The molecule has 0 saturated heterocycles. The molecular weight excluding hydrogens is 213 g/mol. The van der Waals surface area contributed by atoms with Gasteiger partial charge in [0.1, 0.15) is 0 Å². The number of benzene rings is 2. The Balaban J connectivity index is 2.35. The van der Waals surface area contributed by atoms with Crippen LogP contribution >= 0.6 is 0 Å². The van der Waals surface area contributed by atoms with Crippen LogP contribution in [-0.4, -0.2) is 4.98 Å². The van der Waals surface area contributed by atoms with Crippen molar-refractivity contribution in [1.82, 2.24) is 4.98 Å². The minimum Gasteiger partial charge on any atom is -0.227 e. The highest BCUT2D eigenvalue weighted by Crippen LogP contribution is 2.28. The average Bonchev–Trinajstić information content (AvgIpc) is 2.41. The summed E-state index contributed by atoms with van der Waals surface area (Å²) < 4.78 is 13.6. The van der Waals surface area contributed by atoms with Crippen molar-refractivity contribution in [2.24, 2.45) is 0 Å². The van der Waals surface area contributed by atoms with Crippen LogP contribution in [0.4, 0.5) is 4.39 Å². The molecule has 2 heteroatoms. The standard InChI is InChI=1S/C15H10FN/c16-15-13-9-5-4-8-12(13)14(10-17-15)11-6-2-1-3-7-11/h1-10H. The van der Waals surface area contributed by atoms with E-state index in [0.717, 1.165) is 16.5 Å². The van der Waals surface area contributed by atoms with E-state index in [9.17, 15) is 4.39 Å². The first-order valence-corrected chi connectivity index (χ1v) is 5.45. The highest BCUT2D eigenvalue weighted by atomic mass is 19.1. The Labute approximate surface area is 98.6 Å². The molecule has 0 aliphatic heterocycles. The van der Waals surface area contributed by atoms with Crippen LogP contribution in [0.15, 0.2) is 60.8 Å². The van der Waals surface area contributed by atoms with E-state index < -0.39 is 5.95 Å². The van der Waals surface area contributed by atoms with Crippen LogP contribution in [0.1, 0.15) is 0 Å². The Kier molecular flexibility index (Phi) is 2.33. The number of aromatic nitrogens is 1. The summed E-state index contributed by atoms with van der Waals surface area (Å²) in [6.45, 7) is 0. The van der Waals surface area contributed by atoms with Crippen LogP contribution in [-0.2, 0) is 0 Å². The van der Waals surface area contributed by atoms with Gasteiger partial charge < -0.3 is 0 Å². The van der Waals surface area contributed by atoms with Gasteiger partial charge in [0.05, 0.1) is 0 Å². The van der Waals surface area contributed by atoms with Gasteiger partial charge >= 0.3 is 0 Å². The van der Waals surface area contributed by atoms with Gasteiger partial charge in [0, 0.05) is 17.1 Å². The van der Waals surface area contributed by atoms with Gasteiger partial charge in [0.25, 0.3) is 0 Å². The molecule has 82 valence electrons. The van der Waals surface area contributed by atoms with Gasteiger partial charge in [0.2, 0.25) is 5.95 Å². The molecule has 1 aromatic heterocycles. The van der Waals surface area contributed by atoms with E-state index in [-0.39, 0.29) is 0 Å². The van der Waals surface area contributed by atoms with Crippen molar-refractivity contribution in [2.75, 3.05) is 0 Å². The maximum atomic E-state index is 13.6. The highest BCUT2D eigenvalue weighted by molar-refractivity contribution is 5.95. The first-order chi connectivity index (χ1) is 8.36. The molecule has 0 amide bonds. The SMILES string of the molecule is Fc1ncc(-c2ccccc2)c2ccccc12. The molecule has 0 aliphatic rings. The smallest absolute Gasteiger partial charge is 0.220 e. The molecule has 0 aliphatic carbocycles. The summed E-state index contributed by atoms with van der Waals surface area (Å²) >= 11 is 0. The van der Waals surface area contributed by atoms with Crippen LogP contribution in [0, 0.1) is 5.95 Å². The van der Waals surface area contributed by atoms with Crippen LogP contribution in [0.2, 0.25) is 0 Å². The summed E-state index contributed by atoms with van der Waals surface area (Å²) in [5.74, 6) is -0.416. The van der Waals surface area contributed by atoms with Crippen LogP contribution < -0.4 is 0 Å². The fourth-order valence-electron chi connectivity index (χ4n) is 2.01. The number of nitrogens with zero attached hydrogens (tertiary/aromatic N) is 1. The fraction of sp³-hybridized carbons (Fsp3) is 0. The lowest BCUT2D eigenvalue weighted by Crippen LogP contribution is -1.88. The van der Waals surface area contributed by atoms with Gasteiger partial charge in [-0.2, -0.15) is 4.39 Å². The molecule has 2 aromatic carbocycles. The normalized spacial score (nSPS) is 10.6. The molecule has 1 heterocycles. The van der Waals surface area contributed by atoms with E-state index in [1.807, 2.05) is 48.5 Å². The molecule has 1 nitrogen and oxygen atoms in total. The Bertz CT molecular complexity index is 662. The van der Waals surface area contributed by atoms with Gasteiger partial charge in [0.15, 0.2) is 0 Å². The van der Waals surface area contributed by atoms with E-state index in [1.165, 1.54) is 0 Å². The van der Waals surface area contributed by atoms with Crippen molar-refractivity contribution in [3.63, 3.8) is 0 Å². The summed E-state index contributed by atoms with van der Waals surface area (Å²) in [7, 11) is 0. The van der Waals surface area contributed by atoms with Gasteiger partial charge in [-0.05, 0) is 17.0 Å². The second-order valence-corrected chi connectivity index (χ2v) is 3.87. The first kappa shape index (κ1) is 9.97. The molecule has 0 N–H and O–H groups in total. The van der Waals surface area contributed by atoms with Crippen molar-refractivity contribution in [2.45, 2.75) is 0 Å². The zero-order valence-corrected chi connectivity index (χ0v) is 9.10. The number of pyridine rings is 1. The van der Waals surface area contributed by atoms with E-state index in [2.05, 4.69) is 4.98 Å². The summed E-state index contributed by atoms with van der Waals surface area (Å²) in [5.41, 5.74) is 2.01. The molecule has 0 radical (unpaired) electrons.